The van der Waals surface area contributed by atoms with E-state index in [9.17, 15) is 24.0 Å². The summed E-state index contributed by atoms with van der Waals surface area (Å²) in [6.45, 7) is 8.15. The van der Waals surface area contributed by atoms with E-state index < -0.39 is 35.4 Å². The van der Waals surface area contributed by atoms with Crippen LogP contribution in [0.5, 0.6) is 5.75 Å². The minimum Gasteiger partial charge on any atom is -0.493 e. The van der Waals surface area contributed by atoms with Crippen LogP contribution in [0.25, 0.3) is 21.6 Å². The van der Waals surface area contributed by atoms with Crippen LogP contribution in [-0.2, 0) is 27.2 Å². The number of aromatic nitrogens is 1. The molecule has 55 heavy (non-hydrogen) atoms. The number of amides is 3. The van der Waals surface area contributed by atoms with Gasteiger partial charge in [0.05, 0.1) is 25.0 Å². The summed E-state index contributed by atoms with van der Waals surface area (Å²) in [7, 11) is 2.68. The summed E-state index contributed by atoms with van der Waals surface area (Å²) in [4.78, 5) is 71.8. The van der Waals surface area contributed by atoms with Gasteiger partial charge in [0.2, 0.25) is 0 Å². The van der Waals surface area contributed by atoms with Crippen molar-refractivity contribution in [1.29, 1.82) is 0 Å². The van der Waals surface area contributed by atoms with E-state index in [2.05, 4.69) is 42.1 Å². The van der Waals surface area contributed by atoms with Gasteiger partial charge in [-0.05, 0) is 107 Å². The third-order valence-electron chi connectivity index (χ3n) is 8.10. The maximum absolute atomic E-state index is 14.6. The molecule has 1 aliphatic heterocycles. The molecule has 0 spiro atoms. The molecule has 1 aliphatic rings. The molecular formula is C39H41IN4O9S2. The van der Waals surface area contributed by atoms with Gasteiger partial charge in [-0.15, -0.1) is 11.3 Å². The van der Waals surface area contributed by atoms with Gasteiger partial charge in [-0.3, -0.25) is 9.59 Å². The summed E-state index contributed by atoms with van der Waals surface area (Å²) in [6.07, 6.45) is 0.727. The van der Waals surface area contributed by atoms with Crippen LogP contribution < -0.4 is 20.7 Å². The van der Waals surface area contributed by atoms with E-state index >= 15 is 0 Å². The first-order chi connectivity index (χ1) is 26.3. The Morgan fingerprint density at radius 1 is 0.945 bits per heavy atom. The highest BCUT2D eigenvalue weighted by atomic mass is 127. The predicted octanol–water partition coefficient (Wildman–Crippen LogP) is 7.86. The molecule has 3 N–H and O–H groups in total. The number of hydrogen-bond acceptors (Lipinski definition) is 12. The van der Waals surface area contributed by atoms with Gasteiger partial charge in [0.25, 0.3) is 11.8 Å². The molecule has 3 heterocycles. The first kappa shape index (κ1) is 41.5. The number of thiophene rings is 1. The molecule has 0 atom stereocenters. The van der Waals surface area contributed by atoms with Crippen LogP contribution in [0, 0.1) is 0 Å². The van der Waals surface area contributed by atoms with Crippen LogP contribution in [0.1, 0.15) is 86.9 Å². The average Bonchev–Trinajstić information content (AvgIpc) is 3.56. The summed E-state index contributed by atoms with van der Waals surface area (Å²) in [5.74, 6) is -1.52. The molecule has 290 valence electrons. The fraction of sp³-hybridized carbons (Fsp3) is 0.333. The van der Waals surface area contributed by atoms with Gasteiger partial charge in [0.15, 0.2) is 5.69 Å². The van der Waals surface area contributed by atoms with Crippen molar-refractivity contribution in [3.8, 4) is 27.3 Å². The number of methoxy groups -OCH3 is 1. The molecule has 4 aromatic rings. The van der Waals surface area contributed by atoms with Crippen molar-refractivity contribution in [2.75, 3.05) is 37.9 Å². The van der Waals surface area contributed by atoms with Crippen LogP contribution in [0.2, 0.25) is 0 Å². The minimum atomic E-state index is -0.812. The summed E-state index contributed by atoms with van der Waals surface area (Å²) >= 11 is 3.62. The predicted molar refractivity (Wildman–Crippen MR) is 220 cm³/mol. The molecule has 0 fully saturated rings. The number of carbonyl (C=O) groups excluding carboxylic acids is 5. The Balaban J connectivity index is 1.60. The van der Waals surface area contributed by atoms with Gasteiger partial charge in [0, 0.05) is 52.4 Å². The van der Waals surface area contributed by atoms with Crippen LogP contribution in [0.4, 0.5) is 10.5 Å². The number of nitrogens with one attached hydrogen (secondary N) is 3. The number of anilines is 1. The number of fused-ring (bicyclic) bond motifs is 3. The van der Waals surface area contributed by atoms with E-state index in [-0.39, 0.29) is 52.5 Å². The number of ether oxygens (including phenoxy) is 4. The monoisotopic (exact) mass is 900 g/mol. The van der Waals surface area contributed by atoms with E-state index in [4.69, 9.17) is 18.9 Å². The molecule has 5 rings (SSSR count). The summed E-state index contributed by atoms with van der Waals surface area (Å²) < 4.78 is 22.1. The van der Waals surface area contributed by atoms with Crippen molar-refractivity contribution >= 4 is 77.0 Å². The fourth-order valence-electron chi connectivity index (χ4n) is 5.61. The lowest BCUT2D eigenvalue weighted by molar-refractivity contribution is 0.0519. The van der Waals surface area contributed by atoms with Gasteiger partial charge in [-0.2, -0.15) is 0 Å². The highest BCUT2D eigenvalue weighted by molar-refractivity contribution is 14.2. The Kier molecular flexibility index (Phi) is 14.2. The van der Waals surface area contributed by atoms with Crippen LogP contribution in [-0.4, -0.2) is 73.1 Å². The highest BCUT2D eigenvalue weighted by Crippen LogP contribution is 2.43. The Morgan fingerprint density at radius 2 is 1.75 bits per heavy atom. The standard InChI is InChI=1S/C39H41IN4O9S2/c1-6-13-41-35(46)30-10-8-24(32(43-30)37(48)50-5)25-20-31-28(33-23(11-14-51-31)12-16-54-33)19-26(25)34(45)44-29-9-7-22(21-42-38(49)53-39(2,3)4)18-27(29)36(47)52-15-17-55-40/h7-10,12,16,18-20H,6,11,13-15,17,21H2,1-5H3,(H,41,46)(H,42,49)(H,44,45). The molecule has 0 radical (unpaired) electrons. The number of pyridine rings is 1. The van der Waals surface area contributed by atoms with Crippen molar-refractivity contribution < 1.29 is 42.9 Å². The van der Waals surface area contributed by atoms with Crippen LogP contribution in [0.3, 0.4) is 0 Å². The molecule has 3 amide bonds. The molecule has 13 nitrogen and oxygen atoms in total. The zero-order valence-corrected chi connectivity index (χ0v) is 34.8. The number of rotatable bonds is 13. The third-order valence-corrected chi connectivity index (χ3v) is 10.7. The zero-order valence-electron chi connectivity index (χ0n) is 31.0. The van der Waals surface area contributed by atoms with Crippen molar-refractivity contribution in [2.24, 2.45) is 0 Å². The van der Waals surface area contributed by atoms with Crippen LogP contribution in [0.15, 0.2) is 53.9 Å². The lowest BCUT2D eigenvalue weighted by Gasteiger charge is -2.20. The number of benzene rings is 2. The SMILES string of the molecule is CCCNC(=O)c1ccc(-c2cc3c(cc2C(=O)Nc2ccc(CNC(=O)OC(C)(C)C)cc2C(=O)OCCSI)-c2sccc2CCO3)c(C(=O)OC)n1. The molecule has 0 aliphatic carbocycles. The first-order valence-electron chi connectivity index (χ1n) is 17.4. The van der Waals surface area contributed by atoms with E-state index in [0.717, 1.165) is 10.4 Å². The van der Waals surface area contributed by atoms with Gasteiger partial charge in [0.1, 0.15) is 23.7 Å². The number of halogens is 1. The summed E-state index contributed by atoms with van der Waals surface area (Å²) in [6, 6.07) is 13.2. The maximum Gasteiger partial charge on any atom is 0.407 e. The lowest BCUT2D eigenvalue weighted by atomic mass is 9.93. The maximum atomic E-state index is 14.6. The third kappa shape index (κ3) is 10.5. The number of carbonyl (C=O) groups is 5. The van der Waals surface area contributed by atoms with Gasteiger partial charge >= 0.3 is 18.0 Å². The van der Waals surface area contributed by atoms with Crippen molar-refractivity contribution in [3.05, 3.63) is 87.6 Å². The second-order valence-corrected chi connectivity index (χ2v) is 16.7. The van der Waals surface area contributed by atoms with E-state index in [0.29, 0.717) is 48.6 Å². The second kappa shape index (κ2) is 18.8. The molecule has 2 aromatic carbocycles. The zero-order chi connectivity index (χ0) is 39.7. The topological polar surface area (TPSA) is 171 Å². The lowest BCUT2D eigenvalue weighted by Crippen LogP contribution is -2.32. The number of esters is 2. The smallest absolute Gasteiger partial charge is 0.407 e. The summed E-state index contributed by atoms with van der Waals surface area (Å²) in [5.41, 5.74) is 2.29. The minimum absolute atomic E-state index is 0.00297. The summed E-state index contributed by atoms with van der Waals surface area (Å²) in [5, 5.41) is 10.3. The second-order valence-electron chi connectivity index (χ2n) is 13.2. The van der Waals surface area contributed by atoms with E-state index in [1.54, 1.807) is 51.1 Å². The Labute approximate surface area is 339 Å². The molecular weight excluding hydrogens is 859 g/mol. The largest absolute Gasteiger partial charge is 0.493 e. The molecule has 0 saturated heterocycles. The van der Waals surface area contributed by atoms with Crippen molar-refractivity contribution in [3.63, 3.8) is 0 Å². The molecule has 0 bridgehead atoms. The van der Waals surface area contributed by atoms with Gasteiger partial charge in [-0.25, -0.2) is 19.4 Å². The van der Waals surface area contributed by atoms with Crippen molar-refractivity contribution in [2.45, 2.75) is 52.7 Å². The first-order valence-corrected chi connectivity index (χ1v) is 21.8. The molecule has 16 heteroatoms. The van der Waals surface area contributed by atoms with Gasteiger partial charge < -0.3 is 34.9 Å². The molecule has 0 unspecified atom stereocenters. The Morgan fingerprint density at radius 3 is 2.47 bits per heavy atom. The van der Waals surface area contributed by atoms with E-state index in [1.807, 2.05) is 18.4 Å². The number of hydrogen-bond donors (Lipinski definition) is 3. The fourth-order valence-corrected chi connectivity index (χ4v) is 7.27. The van der Waals surface area contributed by atoms with Crippen molar-refractivity contribution in [1.82, 2.24) is 15.6 Å². The molecule has 0 saturated carbocycles. The highest BCUT2D eigenvalue weighted by Gasteiger charge is 2.28. The van der Waals surface area contributed by atoms with E-state index in [1.165, 1.54) is 39.5 Å². The quantitative estimate of drug-likeness (QED) is 0.0517. The number of alkyl carbamates (subject to hydrolysis) is 1. The van der Waals surface area contributed by atoms with Crippen LogP contribution >= 0.6 is 41.5 Å². The number of nitrogens with zero attached hydrogens (tertiary/aromatic N) is 1. The Hall–Kier alpha value is -4.68. The Bertz CT molecular complexity index is 2100. The normalized spacial score (nSPS) is 11.9. The van der Waals surface area contributed by atoms with Gasteiger partial charge in [-0.1, -0.05) is 21.9 Å². The molecule has 2 aromatic heterocycles. The average molecular weight is 901 g/mol.